The summed E-state index contributed by atoms with van der Waals surface area (Å²) in [6, 6.07) is 7.96. The largest absolute Gasteiger partial charge is 0.452 e. The molecule has 3 rings (SSSR count). The molecule has 0 radical (unpaired) electrons. The van der Waals surface area contributed by atoms with Crippen LogP contribution in [0.15, 0.2) is 50.1 Å². The topological polar surface area (TPSA) is 136 Å². The highest BCUT2D eigenvalue weighted by atomic mass is 79.9. The average Bonchev–Trinajstić information content (AvgIpc) is 3.26. The number of nitrogens with zero attached hydrogens (tertiary/aromatic N) is 5. The summed E-state index contributed by atoms with van der Waals surface area (Å²) in [7, 11) is 1.21. The van der Waals surface area contributed by atoms with Crippen LogP contribution in [0, 0.1) is 0 Å². The van der Waals surface area contributed by atoms with E-state index >= 15 is 0 Å². The molecule has 2 heterocycles. The molecule has 0 fully saturated rings. The van der Waals surface area contributed by atoms with Gasteiger partial charge in [-0.05, 0) is 63.0 Å². The van der Waals surface area contributed by atoms with Crippen LogP contribution in [-0.4, -0.2) is 69.4 Å². The normalized spacial score (nSPS) is 10.7. The molecule has 0 spiro atoms. The van der Waals surface area contributed by atoms with E-state index in [-0.39, 0.29) is 47.4 Å². The van der Waals surface area contributed by atoms with E-state index in [1.165, 1.54) is 35.1 Å². The molecule has 0 aliphatic heterocycles. The van der Waals surface area contributed by atoms with Crippen molar-refractivity contribution in [1.29, 1.82) is 0 Å². The van der Waals surface area contributed by atoms with Crippen molar-refractivity contribution in [2.24, 2.45) is 5.73 Å². The highest BCUT2D eigenvalue weighted by Gasteiger charge is 2.30. The Bertz CT molecular complexity index is 1340. The van der Waals surface area contributed by atoms with Crippen LogP contribution >= 0.6 is 59.4 Å². The number of benzene rings is 1. The molecule has 37 heavy (non-hydrogen) atoms. The SMILES string of the molecule is CCN(C(=O)OC)N(CCN)C(=O)c1cc(Br)cc(Br)c1NC(=O)c1cc(Br)nn1-c1ncccc1Cl. The van der Waals surface area contributed by atoms with Crippen LogP contribution in [0.5, 0.6) is 0 Å². The monoisotopic (exact) mass is 719 g/mol. The Hall–Kier alpha value is -2.52. The number of halogens is 4. The second-order valence-corrected chi connectivity index (χ2v) is 10.2. The molecule has 0 bridgehead atoms. The number of pyridine rings is 1. The number of carbonyl (C=O) groups excluding carboxylic acids is 3. The summed E-state index contributed by atoms with van der Waals surface area (Å²) in [4.78, 5) is 43.7. The van der Waals surface area contributed by atoms with Crippen molar-refractivity contribution in [2.45, 2.75) is 6.92 Å². The summed E-state index contributed by atoms with van der Waals surface area (Å²) in [5.41, 5.74) is 6.08. The van der Waals surface area contributed by atoms with Crippen molar-refractivity contribution in [2.75, 3.05) is 32.1 Å². The van der Waals surface area contributed by atoms with Crippen molar-refractivity contribution in [3.8, 4) is 5.82 Å². The zero-order chi connectivity index (χ0) is 27.3. The molecule has 3 aromatic rings. The molecule has 196 valence electrons. The van der Waals surface area contributed by atoms with Gasteiger partial charge >= 0.3 is 6.09 Å². The predicted octanol–water partition coefficient (Wildman–Crippen LogP) is 4.86. The summed E-state index contributed by atoms with van der Waals surface area (Å²) < 4.78 is 7.44. The average molecular weight is 723 g/mol. The highest BCUT2D eigenvalue weighted by molar-refractivity contribution is 9.11. The van der Waals surface area contributed by atoms with Crippen molar-refractivity contribution >= 4 is 83.0 Å². The van der Waals surface area contributed by atoms with Gasteiger partial charge in [0.2, 0.25) is 0 Å². The van der Waals surface area contributed by atoms with E-state index < -0.39 is 17.9 Å². The zero-order valence-electron chi connectivity index (χ0n) is 19.5. The fourth-order valence-corrected chi connectivity index (χ4v) is 5.25. The fraction of sp³-hybridized carbons (Fsp3) is 0.227. The smallest absolute Gasteiger partial charge is 0.428 e. The molecule has 0 saturated carbocycles. The highest BCUT2D eigenvalue weighted by Crippen LogP contribution is 2.33. The quantitative estimate of drug-likeness (QED) is 0.333. The van der Waals surface area contributed by atoms with Crippen LogP contribution in [0.1, 0.15) is 27.8 Å². The number of hydrogen-bond donors (Lipinski definition) is 2. The number of carbonyl (C=O) groups is 3. The molecule has 15 heteroatoms. The molecular formula is C22H21Br3ClN7O4. The molecule has 0 saturated heterocycles. The molecule has 0 aliphatic rings. The number of aromatic nitrogens is 3. The number of rotatable bonds is 7. The van der Waals surface area contributed by atoms with Crippen LogP contribution in [0.3, 0.4) is 0 Å². The number of amides is 3. The summed E-state index contributed by atoms with van der Waals surface area (Å²) in [5, 5.41) is 9.63. The van der Waals surface area contributed by atoms with Gasteiger partial charge in [0.15, 0.2) is 5.82 Å². The maximum atomic E-state index is 13.7. The van der Waals surface area contributed by atoms with Gasteiger partial charge in [0.05, 0.1) is 29.9 Å². The van der Waals surface area contributed by atoms with Crippen LogP contribution in [0.2, 0.25) is 5.02 Å². The van der Waals surface area contributed by atoms with Gasteiger partial charge in [0.25, 0.3) is 11.8 Å². The number of hydrogen-bond acceptors (Lipinski definition) is 7. The summed E-state index contributed by atoms with van der Waals surface area (Å²) in [6.07, 6.45) is 0.790. The van der Waals surface area contributed by atoms with Gasteiger partial charge in [0.1, 0.15) is 10.3 Å². The van der Waals surface area contributed by atoms with Crippen LogP contribution < -0.4 is 11.1 Å². The first-order valence-corrected chi connectivity index (χ1v) is 13.4. The first-order chi connectivity index (χ1) is 17.6. The number of nitrogens with two attached hydrogens (primary N) is 1. The third-order valence-electron chi connectivity index (χ3n) is 4.93. The third-order valence-corrected chi connectivity index (χ3v) is 6.69. The van der Waals surface area contributed by atoms with E-state index in [1.54, 1.807) is 25.1 Å². The third kappa shape index (κ3) is 6.49. The molecule has 1 aromatic carbocycles. The number of ether oxygens (including phenoxy) is 1. The van der Waals surface area contributed by atoms with Crippen molar-refractivity contribution < 1.29 is 19.1 Å². The van der Waals surface area contributed by atoms with E-state index in [0.717, 1.165) is 5.01 Å². The van der Waals surface area contributed by atoms with E-state index in [1.807, 2.05) is 0 Å². The lowest BCUT2D eigenvalue weighted by molar-refractivity contribution is -0.00276. The Balaban J connectivity index is 2.06. The van der Waals surface area contributed by atoms with Crippen LogP contribution in [-0.2, 0) is 4.74 Å². The second kappa shape index (κ2) is 12.8. The van der Waals surface area contributed by atoms with Gasteiger partial charge in [-0.25, -0.2) is 24.5 Å². The van der Waals surface area contributed by atoms with E-state index in [9.17, 15) is 14.4 Å². The van der Waals surface area contributed by atoms with Gasteiger partial charge in [-0.2, -0.15) is 5.10 Å². The van der Waals surface area contributed by atoms with E-state index in [4.69, 9.17) is 22.1 Å². The molecule has 0 aliphatic carbocycles. The predicted molar refractivity (Wildman–Crippen MR) is 149 cm³/mol. The summed E-state index contributed by atoms with van der Waals surface area (Å²) in [6.45, 7) is 1.94. The van der Waals surface area contributed by atoms with Crippen molar-refractivity contribution in [3.05, 3.63) is 66.4 Å². The molecule has 2 aromatic heterocycles. The van der Waals surface area contributed by atoms with E-state index in [2.05, 4.69) is 63.2 Å². The number of nitrogens with one attached hydrogen (secondary N) is 1. The van der Waals surface area contributed by atoms with Gasteiger partial charge in [-0.15, -0.1) is 0 Å². The minimum Gasteiger partial charge on any atom is -0.452 e. The van der Waals surface area contributed by atoms with E-state index in [0.29, 0.717) is 13.5 Å². The maximum Gasteiger partial charge on any atom is 0.428 e. The molecule has 11 nitrogen and oxygen atoms in total. The van der Waals surface area contributed by atoms with Gasteiger partial charge in [0, 0.05) is 34.3 Å². The molecular weight excluding hydrogens is 701 g/mol. The van der Waals surface area contributed by atoms with Crippen LogP contribution in [0.25, 0.3) is 5.82 Å². The first-order valence-electron chi connectivity index (χ1n) is 10.7. The Labute approximate surface area is 242 Å². The standard InChI is InChI=1S/C22H21Br3ClN7O4/c1-3-31(22(36)37-2)32(8-6-27)21(35)13-9-12(23)10-14(24)18(13)29-20(34)16-11-17(25)30-33(16)19-15(26)5-4-7-28-19/h4-5,7,9-11H,3,6,8,27H2,1-2H3,(H,29,34). The zero-order valence-corrected chi connectivity index (χ0v) is 25.1. The minimum absolute atomic E-state index is 0.0250. The Morgan fingerprint density at radius 3 is 2.54 bits per heavy atom. The van der Waals surface area contributed by atoms with Crippen molar-refractivity contribution in [1.82, 2.24) is 24.8 Å². The Kier molecular flexibility index (Phi) is 10.1. The molecule has 3 N–H and O–H groups in total. The molecule has 0 unspecified atom stereocenters. The summed E-state index contributed by atoms with van der Waals surface area (Å²) >= 11 is 16.4. The number of methoxy groups -OCH3 is 1. The first kappa shape index (κ1) is 29.0. The lowest BCUT2D eigenvalue weighted by atomic mass is 10.1. The minimum atomic E-state index is -0.732. The molecule has 0 atom stereocenters. The van der Waals surface area contributed by atoms with Crippen LogP contribution in [0.4, 0.5) is 10.5 Å². The Morgan fingerprint density at radius 1 is 1.19 bits per heavy atom. The van der Waals surface area contributed by atoms with Crippen molar-refractivity contribution in [3.63, 3.8) is 0 Å². The van der Waals surface area contributed by atoms with Gasteiger partial charge < -0.3 is 15.8 Å². The van der Waals surface area contributed by atoms with Gasteiger partial charge in [-0.1, -0.05) is 27.5 Å². The lowest BCUT2D eigenvalue weighted by Gasteiger charge is -2.33. The second-order valence-electron chi connectivity index (χ2n) is 7.24. The fourth-order valence-electron chi connectivity index (χ4n) is 3.35. The number of anilines is 1. The summed E-state index contributed by atoms with van der Waals surface area (Å²) in [5.74, 6) is -0.933. The number of hydrazine groups is 1. The molecule has 3 amide bonds. The maximum absolute atomic E-state index is 13.7. The lowest BCUT2D eigenvalue weighted by Crippen LogP contribution is -2.51. The Morgan fingerprint density at radius 2 is 1.92 bits per heavy atom. The van der Waals surface area contributed by atoms with Gasteiger partial charge in [-0.3, -0.25) is 9.59 Å².